The molecule has 5 heteroatoms. The molecular weight excluding hydrogens is 172 g/mol. The van der Waals surface area contributed by atoms with Gasteiger partial charge in [-0.3, -0.25) is 14.2 Å². The van der Waals surface area contributed by atoms with E-state index in [9.17, 15) is 9.59 Å². The van der Waals surface area contributed by atoms with Crippen LogP contribution in [0.25, 0.3) is 0 Å². The maximum atomic E-state index is 11.3. The highest BCUT2D eigenvalue weighted by molar-refractivity contribution is 5.82. The average Bonchev–Trinajstić information content (AvgIpc) is 2.47. The number of imidazole rings is 1. The van der Waals surface area contributed by atoms with Crippen molar-refractivity contribution in [3.8, 4) is 0 Å². The van der Waals surface area contributed by atoms with Crippen molar-refractivity contribution in [2.75, 3.05) is 0 Å². The van der Waals surface area contributed by atoms with Crippen LogP contribution in [0.2, 0.25) is 0 Å². The van der Waals surface area contributed by atoms with E-state index >= 15 is 0 Å². The number of hydrogen-bond acceptors (Lipinski definition) is 3. The van der Waals surface area contributed by atoms with Crippen molar-refractivity contribution in [3.63, 3.8) is 0 Å². The van der Waals surface area contributed by atoms with Crippen LogP contribution in [-0.2, 0) is 4.79 Å². The van der Waals surface area contributed by atoms with E-state index in [-0.39, 0.29) is 18.7 Å². The molecule has 1 aromatic heterocycles. The number of aryl methyl sites for hydroxylation is 1. The highest BCUT2D eigenvalue weighted by atomic mass is 16.4. The van der Waals surface area contributed by atoms with Gasteiger partial charge in [0.2, 0.25) is 5.91 Å². The standard InChI is InChI=1S/C8H10N2O3/c1-6-9-4-5-10(6)7(11)2-3-8(12)13/h4-5H,2-3H2,1H3,(H,12,13). The Bertz CT molecular complexity index is 330. The van der Waals surface area contributed by atoms with Gasteiger partial charge < -0.3 is 5.11 Å². The summed E-state index contributed by atoms with van der Waals surface area (Å²) in [4.78, 5) is 25.3. The first-order chi connectivity index (χ1) is 6.11. The fourth-order valence-corrected chi connectivity index (χ4v) is 0.976. The number of aromatic nitrogens is 2. The molecule has 1 heterocycles. The Morgan fingerprint density at radius 1 is 1.54 bits per heavy atom. The summed E-state index contributed by atoms with van der Waals surface area (Å²) in [6.45, 7) is 1.69. The van der Waals surface area contributed by atoms with Gasteiger partial charge in [0.05, 0.1) is 6.42 Å². The summed E-state index contributed by atoms with van der Waals surface area (Å²) in [5.41, 5.74) is 0. The second-order valence-corrected chi connectivity index (χ2v) is 2.63. The molecule has 1 aromatic rings. The van der Waals surface area contributed by atoms with E-state index in [0.717, 1.165) is 0 Å². The lowest BCUT2D eigenvalue weighted by Gasteiger charge is -2.00. The molecule has 0 aliphatic heterocycles. The summed E-state index contributed by atoms with van der Waals surface area (Å²) in [6, 6.07) is 0. The van der Waals surface area contributed by atoms with E-state index in [0.29, 0.717) is 5.82 Å². The third-order valence-corrected chi connectivity index (χ3v) is 1.65. The molecule has 0 aromatic carbocycles. The molecule has 0 saturated heterocycles. The van der Waals surface area contributed by atoms with Crippen LogP contribution in [0.4, 0.5) is 0 Å². The molecule has 0 aliphatic rings. The molecule has 70 valence electrons. The van der Waals surface area contributed by atoms with Gasteiger partial charge in [-0.25, -0.2) is 4.98 Å². The van der Waals surface area contributed by atoms with Crippen LogP contribution in [0, 0.1) is 6.92 Å². The number of carboxylic acids is 1. The SMILES string of the molecule is Cc1nccn1C(=O)CCC(=O)O. The van der Waals surface area contributed by atoms with Gasteiger partial charge in [0, 0.05) is 18.8 Å². The Labute approximate surface area is 75.0 Å². The molecular formula is C8H10N2O3. The first kappa shape index (κ1) is 9.44. The normalized spacial score (nSPS) is 9.92. The quantitative estimate of drug-likeness (QED) is 0.746. The molecule has 0 radical (unpaired) electrons. The first-order valence-corrected chi connectivity index (χ1v) is 3.86. The largest absolute Gasteiger partial charge is 0.481 e. The number of carbonyl (C=O) groups is 2. The first-order valence-electron chi connectivity index (χ1n) is 3.86. The molecule has 0 spiro atoms. The predicted octanol–water partition coefficient (Wildman–Crippen LogP) is 0.697. The number of rotatable bonds is 3. The Kier molecular flexibility index (Phi) is 2.79. The van der Waals surface area contributed by atoms with Gasteiger partial charge in [0.25, 0.3) is 0 Å². The van der Waals surface area contributed by atoms with E-state index in [1.807, 2.05) is 0 Å². The summed E-state index contributed by atoms with van der Waals surface area (Å²) in [6.07, 6.45) is 2.90. The Morgan fingerprint density at radius 3 is 2.69 bits per heavy atom. The minimum atomic E-state index is -0.967. The molecule has 0 unspecified atom stereocenters. The molecule has 0 saturated carbocycles. The molecule has 0 atom stereocenters. The third-order valence-electron chi connectivity index (χ3n) is 1.65. The molecule has 0 aliphatic carbocycles. The van der Waals surface area contributed by atoms with E-state index < -0.39 is 5.97 Å². The molecule has 13 heavy (non-hydrogen) atoms. The maximum Gasteiger partial charge on any atom is 0.303 e. The summed E-state index contributed by atoms with van der Waals surface area (Å²) >= 11 is 0. The van der Waals surface area contributed by atoms with Crippen molar-refractivity contribution < 1.29 is 14.7 Å². The van der Waals surface area contributed by atoms with E-state index in [1.165, 1.54) is 17.0 Å². The minimum absolute atomic E-state index is 0.00648. The Balaban J connectivity index is 2.59. The van der Waals surface area contributed by atoms with Crippen molar-refractivity contribution in [1.29, 1.82) is 0 Å². The summed E-state index contributed by atoms with van der Waals surface area (Å²) < 4.78 is 1.35. The van der Waals surface area contributed by atoms with Crippen LogP contribution >= 0.6 is 0 Å². The summed E-state index contributed by atoms with van der Waals surface area (Å²) in [5, 5.41) is 8.35. The third kappa shape index (κ3) is 2.40. The Morgan fingerprint density at radius 2 is 2.23 bits per heavy atom. The monoisotopic (exact) mass is 182 g/mol. The second kappa shape index (κ2) is 3.84. The van der Waals surface area contributed by atoms with Crippen molar-refractivity contribution in [1.82, 2.24) is 9.55 Å². The van der Waals surface area contributed by atoms with Gasteiger partial charge >= 0.3 is 5.97 Å². The number of nitrogens with zero attached hydrogens (tertiary/aromatic N) is 2. The molecule has 5 nitrogen and oxygen atoms in total. The van der Waals surface area contributed by atoms with Crippen LogP contribution in [0.15, 0.2) is 12.4 Å². The average molecular weight is 182 g/mol. The van der Waals surface area contributed by atoms with Gasteiger partial charge in [-0.2, -0.15) is 0 Å². The van der Waals surface area contributed by atoms with E-state index in [4.69, 9.17) is 5.11 Å². The highest BCUT2D eigenvalue weighted by Gasteiger charge is 2.09. The zero-order chi connectivity index (χ0) is 9.84. The molecule has 1 N–H and O–H groups in total. The molecule has 0 bridgehead atoms. The number of aliphatic carboxylic acids is 1. The van der Waals surface area contributed by atoms with E-state index in [2.05, 4.69) is 4.98 Å². The van der Waals surface area contributed by atoms with Crippen molar-refractivity contribution >= 4 is 11.9 Å². The zero-order valence-corrected chi connectivity index (χ0v) is 7.23. The van der Waals surface area contributed by atoms with Crippen LogP contribution in [0.3, 0.4) is 0 Å². The zero-order valence-electron chi connectivity index (χ0n) is 7.23. The van der Waals surface area contributed by atoms with Crippen LogP contribution < -0.4 is 0 Å². The van der Waals surface area contributed by atoms with Crippen molar-refractivity contribution in [2.45, 2.75) is 19.8 Å². The number of hydrogen-bond donors (Lipinski definition) is 1. The van der Waals surface area contributed by atoms with Gasteiger partial charge in [-0.05, 0) is 6.92 Å². The van der Waals surface area contributed by atoms with Gasteiger partial charge in [-0.1, -0.05) is 0 Å². The smallest absolute Gasteiger partial charge is 0.303 e. The molecule has 1 rings (SSSR count). The fourth-order valence-electron chi connectivity index (χ4n) is 0.976. The summed E-state index contributed by atoms with van der Waals surface area (Å²) in [5.74, 6) is -0.626. The lowest BCUT2D eigenvalue weighted by molar-refractivity contribution is -0.136. The van der Waals surface area contributed by atoms with Gasteiger partial charge in [-0.15, -0.1) is 0 Å². The van der Waals surface area contributed by atoms with Crippen LogP contribution in [0.5, 0.6) is 0 Å². The fraction of sp³-hybridized carbons (Fsp3) is 0.375. The van der Waals surface area contributed by atoms with Crippen LogP contribution in [-0.4, -0.2) is 26.5 Å². The number of carbonyl (C=O) groups excluding carboxylic acids is 1. The molecule has 0 amide bonds. The lowest BCUT2D eigenvalue weighted by atomic mass is 10.3. The highest BCUT2D eigenvalue weighted by Crippen LogP contribution is 1.99. The van der Waals surface area contributed by atoms with E-state index in [1.54, 1.807) is 6.92 Å². The topological polar surface area (TPSA) is 72.2 Å². The lowest BCUT2D eigenvalue weighted by Crippen LogP contribution is -2.12. The predicted molar refractivity (Wildman–Crippen MR) is 44.5 cm³/mol. The summed E-state index contributed by atoms with van der Waals surface area (Å²) in [7, 11) is 0. The van der Waals surface area contributed by atoms with Crippen molar-refractivity contribution in [3.05, 3.63) is 18.2 Å². The Hall–Kier alpha value is -1.65. The number of carboxylic acid groups (broad SMARTS) is 1. The maximum absolute atomic E-state index is 11.3. The van der Waals surface area contributed by atoms with Gasteiger partial charge in [0.15, 0.2) is 0 Å². The second-order valence-electron chi connectivity index (χ2n) is 2.63. The molecule has 0 fully saturated rings. The van der Waals surface area contributed by atoms with Crippen molar-refractivity contribution in [2.24, 2.45) is 0 Å². The minimum Gasteiger partial charge on any atom is -0.481 e. The van der Waals surface area contributed by atoms with Gasteiger partial charge in [0.1, 0.15) is 5.82 Å². The van der Waals surface area contributed by atoms with Crippen LogP contribution in [0.1, 0.15) is 23.5 Å².